The highest BCUT2D eigenvalue weighted by Crippen LogP contribution is 2.37. The van der Waals surface area contributed by atoms with E-state index in [4.69, 9.17) is 0 Å². The normalized spacial score (nSPS) is 21.3. The van der Waals surface area contributed by atoms with Crippen molar-refractivity contribution in [1.82, 2.24) is 0 Å². The molecule has 1 aliphatic carbocycles. The molecular formula is C21H25BrS. The SMILES string of the molecule is CC[C@H]1CC[C@H](c2ccc(CSc3ccc(Br)cc3)cc2)CC1. The van der Waals surface area contributed by atoms with Crippen LogP contribution in [0.1, 0.15) is 56.1 Å². The maximum Gasteiger partial charge on any atom is 0.0231 e. The lowest BCUT2D eigenvalue weighted by atomic mass is 9.78. The lowest BCUT2D eigenvalue weighted by Crippen LogP contribution is -2.12. The summed E-state index contributed by atoms with van der Waals surface area (Å²) in [4.78, 5) is 1.33. The highest BCUT2D eigenvalue weighted by Gasteiger charge is 2.20. The van der Waals surface area contributed by atoms with Crippen LogP contribution in [0.5, 0.6) is 0 Å². The van der Waals surface area contributed by atoms with Crippen LogP contribution in [0, 0.1) is 5.92 Å². The van der Waals surface area contributed by atoms with Gasteiger partial charge in [-0.05, 0) is 72.9 Å². The summed E-state index contributed by atoms with van der Waals surface area (Å²) >= 11 is 5.39. The molecule has 3 rings (SSSR count). The van der Waals surface area contributed by atoms with Gasteiger partial charge in [-0.2, -0.15) is 0 Å². The van der Waals surface area contributed by atoms with Crippen LogP contribution in [0.3, 0.4) is 0 Å². The molecule has 0 N–H and O–H groups in total. The van der Waals surface area contributed by atoms with E-state index in [1.165, 1.54) is 42.6 Å². The second-order valence-corrected chi connectivity index (χ2v) is 8.57. The van der Waals surface area contributed by atoms with Crippen molar-refractivity contribution < 1.29 is 0 Å². The van der Waals surface area contributed by atoms with Crippen LogP contribution in [-0.4, -0.2) is 0 Å². The average Bonchev–Trinajstić information content (AvgIpc) is 2.62. The standard InChI is InChI=1S/C21H25BrS/c1-2-16-3-7-18(8-4-16)19-9-5-17(6-10-19)15-23-21-13-11-20(22)12-14-21/h5-6,9-14,16,18H,2-4,7-8,15H2,1H3/t16-,18-. The molecule has 2 heteroatoms. The van der Waals surface area contributed by atoms with Gasteiger partial charge in [0.15, 0.2) is 0 Å². The Balaban J connectivity index is 1.54. The first kappa shape index (κ1) is 17.1. The molecule has 0 saturated heterocycles. The van der Waals surface area contributed by atoms with Crippen LogP contribution < -0.4 is 0 Å². The van der Waals surface area contributed by atoms with Gasteiger partial charge in [0.2, 0.25) is 0 Å². The molecule has 0 radical (unpaired) electrons. The van der Waals surface area contributed by atoms with Crippen molar-refractivity contribution in [2.24, 2.45) is 5.92 Å². The Labute approximate surface area is 153 Å². The maximum absolute atomic E-state index is 3.49. The monoisotopic (exact) mass is 388 g/mol. The summed E-state index contributed by atoms with van der Waals surface area (Å²) in [6, 6.07) is 18.0. The number of benzene rings is 2. The molecule has 0 atom stereocenters. The third kappa shape index (κ3) is 4.87. The summed E-state index contributed by atoms with van der Waals surface area (Å²) in [6.07, 6.45) is 6.96. The molecule has 0 aromatic heterocycles. The topological polar surface area (TPSA) is 0 Å². The molecule has 1 fully saturated rings. The molecule has 2 aromatic carbocycles. The van der Waals surface area contributed by atoms with Crippen molar-refractivity contribution in [3.63, 3.8) is 0 Å². The molecule has 0 bridgehead atoms. The number of hydrogen-bond acceptors (Lipinski definition) is 1. The number of rotatable bonds is 5. The summed E-state index contributed by atoms with van der Waals surface area (Å²) in [7, 11) is 0. The van der Waals surface area contributed by atoms with Gasteiger partial charge in [0.25, 0.3) is 0 Å². The molecule has 0 unspecified atom stereocenters. The maximum atomic E-state index is 3.49. The second kappa shape index (κ2) is 8.39. The lowest BCUT2D eigenvalue weighted by Gasteiger charge is -2.28. The first-order valence-corrected chi connectivity index (χ1v) is 10.5. The van der Waals surface area contributed by atoms with Gasteiger partial charge < -0.3 is 0 Å². The Morgan fingerprint density at radius 2 is 1.57 bits per heavy atom. The van der Waals surface area contributed by atoms with Gasteiger partial charge in [-0.3, -0.25) is 0 Å². The zero-order chi connectivity index (χ0) is 16.1. The van der Waals surface area contributed by atoms with E-state index in [-0.39, 0.29) is 0 Å². The largest absolute Gasteiger partial charge is 0.121 e. The van der Waals surface area contributed by atoms with Gasteiger partial charge in [0, 0.05) is 15.1 Å². The van der Waals surface area contributed by atoms with Crippen molar-refractivity contribution in [3.8, 4) is 0 Å². The Morgan fingerprint density at radius 1 is 0.913 bits per heavy atom. The molecule has 1 saturated carbocycles. The molecule has 2 aromatic rings. The van der Waals surface area contributed by atoms with Crippen molar-refractivity contribution in [1.29, 1.82) is 0 Å². The van der Waals surface area contributed by atoms with Gasteiger partial charge in [0.1, 0.15) is 0 Å². The van der Waals surface area contributed by atoms with E-state index in [0.717, 1.165) is 22.1 Å². The van der Waals surface area contributed by atoms with Crippen LogP contribution in [-0.2, 0) is 5.75 Å². The molecular weight excluding hydrogens is 364 g/mol. The van der Waals surface area contributed by atoms with E-state index in [0.29, 0.717) is 0 Å². The first-order chi connectivity index (χ1) is 11.2. The van der Waals surface area contributed by atoms with Crippen molar-refractivity contribution in [3.05, 3.63) is 64.1 Å². The molecule has 0 amide bonds. The van der Waals surface area contributed by atoms with E-state index in [1.54, 1.807) is 5.56 Å². The highest BCUT2D eigenvalue weighted by molar-refractivity contribution is 9.10. The fourth-order valence-electron chi connectivity index (χ4n) is 3.49. The second-order valence-electron chi connectivity index (χ2n) is 6.61. The van der Waals surface area contributed by atoms with Gasteiger partial charge >= 0.3 is 0 Å². The Morgan fingerprint density at radius 3 is 2.17 bits per heavy atom. The Kier molecular flexibility index (Phi) is 6.24. The summed E-state index contributed by atoms with van der Waals surface area (Å²) in [5.74, 6) is 2.82. The van der Waals surface area contributed by atoms with Crippen LogP contribution in [0.2, 0.25) is 0 Å². The summed E-state index contributed by atoms with van der Waals surface area (Å²) in [5, 5.41) is 0. The number of thioether (sulfide) groups is 1. The molecule has 0 aliphatic heterocycles. The molecule has 0 heterocycles. The minimum Gasteiger partial charge on any atom is -0.121 e. The van der Waals surface area contributed by atoms with Gasteiger partial charge in [0.05, 0.1) is 0 Å². The lowest BCUT2D eigenvalue weighted by molar-refractivity contribution is 0.319. The van der Waals surface area contributed by atoms with Crippen LogP contribution in [0.25, 0.3) is 0 Å². The van der Waals surface area contributed by atoms with Gasteiger partial charge in [-0.25, -0.2) is 0 Å². The van der Waals surface area contributed by atoms with E-state index in [1.807, 2.05) is 11.8 Å². The molecule has 0 spiro atoms. The summed E-state index contributed by atoms with van der Waals surface area (Å²) in [6.45, 7) is 2.34. The molecule has 0 nitrogen and oxygen atoms in total. The molecule has 1 aliphatic rings. The average molecular weight is 389 g/mol. The van der Waals surface area contributed by atoms with Crippen LogP contribution >= 0.6 is 27.7 Å². The minimum atomic E-state index is 0.797. The number of halogens is 1. The Hall–Kier alpha value is -0.730. The number of hydrogen-bond donors (Lipinski definition) is 0. The third-order valence-electron chi connectivity index (χ3n) is 5.09. The quantitative estimate of drug-likeness (QED) is 0.479. The van der Waals surface area contributed by atoms with Crippen LogP contribution in [0.15, 0.2) is 57.9 Å². The van der Waals surface area contributed by atoms with E-state index in [9.17, 15) is 0 Å². The minimum absolute atomic E-state index is 0.797. The Bertz CT molecular complexity index is 595. The first-order valence-electron chi connectivity index (χ1n) is 8.72. The van der Waals surface area contributed by atoms with Crippen molar-refractivity contribution in [2.75, 3.05) is 0 Å². The third-order valence-corrected chi connectivity index (χ3v) is 6.71. The van der Waals surface area contributed by atoms with E-state index >= 15 is 0 Å². The van der Waals surface area contributed by atoms with Crippen LogP contribution in [0.4, 0.5) is 0 Å². The smallest absolute Gasteiger partial charge is 0.0231 e. The molecule has 23 heavy (non-hydrogen) atoms. The zero-order valence-corrected chi connectivity index (χ0v) is 16.2. The van der Waals surface area contributed by atoms with E-state index < -0.39 is 0 Å². The van der Waals surface area contributed by atoms with Crippen molar-refractivity contribution >= 4 is 27.7 Å². The summed E-state index contributed by atoms with van der Waals surface area (Å²) < 4.78 is 1.14. The fourth-order valence-corrected chi connectivity index (χ4v) is 4.61. The predicted octanol–water partition coefficient (Wildman–Crippen LogP) is 7.43. The highest BCUT2D eigenvalue weighted by atomic mass is 79.9. The zero-order valence-electron chi connectivity index (χ0n) is 13.8. The van der Waals surface area contributed by atoms with Crippen molar-refractivity contribution in [2.45, 2.75) is 55.6 Å². The van der Waals surface area contributed by atoms with Gasteiger partial charge in [-0.1, -0.05) is 53.5 Å². The summed E-state index contributed by atoms with van der Waals surface area (Å²) in [5.41, 5.74) is 2.97. The van der Waals surface area contributed by atoms with Gasteiger partial charge in [-0.15, -0.1) is 11.8 Å². The molecule has 122 valence electrons. The fraction of sp³-hybridized carbons (Fsp3) is 0.429. The predicted molar refractivity (Wildman–Crippen MR) is 105 cm³/mol. The van der Waals surface area contributed by atoms with E-state index in [2.05, 4.69) is 71.4 Å².